The lowest BCUT2D eigenvalue weighted by Crippen LogP contribution is -2.27. The highest BCUT2D eigenvalue weighted by atomic mass is 32.2. The fraction of sp³-hybridized carbons (Fsp3) is 0.238. The van der Waals surface area contributed by atoms with Gasteiger partial charge in [-0.2, -0.15) is 0 Å². The predicted octanol–water partition coefficient (Wildman–Crippen LogP) is 3.80. The van der Waals surface area contributed by atoms with Crippen molar-refractivity contribution in [2.45, 2.75) is 25.8 Å². The molecule has 31 heavy (non-hydrogen) atoms. The Morgan fingerprint density at radius 3 is 2.68 bits per heavy atom. The van der Waals surface area contributed by atoms with Crippen LogP contribution in [0.5, 0.6) is 0 Å². The molecule has 1 unspecified atom stereocenters. The molecule has 0 fully saturated rings. The minimum atomic E-state index is -3.40. The van der Waals surface area contributed by atoms with Crippen LogP contribution in [-0.2, 0) is 21.2 Å². The van der Waals surface area contributed by atoms with Crippen molar-refractivity contribution in [3.63, 3.8) is 0 Å². The Kier molecular flexibility index (Phi) is 6.69. The van der Waals surface area contributed by atoms with Crippen LogP contribution in [0.2, 0.25) is 0 Å². The summed E-state index contributed by atoms with van der Waals surface area (Å²) in [4.78, 5) is 16.3. The van der Waals surface area contributed by atoms with Gasteiger partial charge < -0.3 is 9.73 Å². The van der Waals surface area contributed by atoms with Gasteiger partial charge in [-0.1, -0.05) is 12.1 Å². The van der Waals surface area contributed by atoms with E-state index < -0.39 is 21.7 Å². The van der Waals surface area contributed by atoms with Crippen molar-refractivity contribution in [1.82, 2.24) is 10.3 Å². The third kappa shape index (κ3) is 6.35. The molecule has 3 rings (SSSR count). The van der Waals surface area contributed by atoms with Crippen LogP contribution in [0.25, 0.3) is 11.3 Å². The maximum atomic E-state index is 13.9. The minimum Gasteiger partial charge on any atom is -0.441 e. The van der Waals surface area contributed by atoms with Gasteiger partial charge in [0.15, 0.2) is 11.7 Å². The Hall–Kier alpha value is -3.27. The Balaban J connectivity index is 1.57. The second-order valence-corrected chi connectivity index (χ2v) is 8.78. The van der Waals surface area contributed by atoms with Gasteiger partial charge in [0.25, 0.3) is 0 Å². The van der Waals surface area contributed by atoms with Crippen molar-refractivity contribution >= 4 is 21.6 Å². The second kappa shape index (κ2) is 9.25. The average molecular weight is 449 g/mol. The zero-order valence-electron chi connectivity index (χ0n) is 16.9. The predicted molar refractivity (Wildman–Crippen MR) is 112 cm³/mol. The van der Waals surface area contributed by atoms with Gasteiger partial charge in [0.1, 0.15) is 11.6 Å². The summed E-state index contributed by atoms with van der Waals surface area (Å²) >= 11 is 0. The number of hydrogen-bond acceptors (Lipinski definition) is 5. The zero-order chi connectivity index (χ0) is 22.6. The fourth-order valence-electron chi connectivity index (χ4n) is 2.94. The van der Waals surface area contributed by atoms with Gasteiger partial charge in [-0.3, -0.25) is 9.52 Å². The van der Waals surface area contributed by atoms with Crippen LogP contribution >= 0.6 is 0 Å². The standard InChI is InChI=1S/C21H21F2N3O4S/c1-13(14-4-3-5-16(10-14)26-31(2,28)29)25-20(27)8-9-21-24-12-19(30-21)17-7-6-15(22)11-18(17)23/h3-7,10-13,26H,8-9H2,1-2H3,(H,25,27). The van der Waals surface area contributed by atoms with Crippen LogP contribution in [0.4, 0.5) is 14.5 Å². The van der Waals surface area contributed by atoms with E-state index in [1.54, 1.807) is 31.2 Å². The lowest BCUT2D eigenvalue weighted by atomic mass is 10.1. The average Bonchev–Trinajstić information content (AvgIpc) is 3.14. The van der Waals surface area contributed by atoms with Crippen LogP contribution in [-0.4, -0.2) is 25.6 Å². The van der Waals surface area contributed by atoms with E-state index in [2.05, 4.69) is 15.0 Å². The van der Waals surface area contributed by atoms with E-state index in [9.17, 15) is 22.0 Å². The number of nitrogens with zero attached hydrogens (tertiary/aromatic N) is 1. The molecule has 1 atom stereocenters. The van der Waals surface area contributed by atoms with Gasteiger partial charge in [-0.15, -0.1) is 0 Å². The molecule has 0 saturated carbocycles. The normalized spacial score (nSPS) is 12.4. The van der Waals surface area contributed by atoms with E-state index in [1.165, 1.54) is 12.3 Å². The number of oxazole rings is 1. The Labute approximate surface area is 178 Å². The lowest BCUT2D eigenvalue weighted by molar-refractivity contribution is -0.121. The zero-order valence-corrected chi connectivity index (χ0v) is 17.7. The first-order valence-corrected chi connectivity index (χ1v) is 11.3. The van der Waals surface area contributed by atoms with Crippen LogP contribution < -0.4 is 10.0 Å². The van der Waals surface area contributed by atoms with Gasteiger partial charge in [-0.25, -0.2) is 22.2 Å². The number of benzene rings is 2. The molecular weight excluding hydrogens is 428 g/mol. The molecule has 0 spiro atoms. The number of nitrogens with one attached hydrogen (secondary N) is 2. The lowest BCUT2D eigenvalue weighted by Gasteiger charge is -2.15. The van der Waals surface area contributed by atoms with E-state index in [0.29, 0.717) is 5.69 Å². The van der Waals surface area contributed by atoms with E-state index in [0.717, 1.165) is 24.0 Å². The summed E-state index contributed by atoms with van der Waals surface area (Å²) in [6.45, 7) is 1.78. The van der Waals surface area contributed by atoms with Crippen molar-refractivity contribution in [3.8, 4) is 11.3 Å². The first-order valence-electron chi connectivity index (χ1n) is 9.38. The molecule has 3 aromatic rings. The third-order valence-corrected chi connectivity index (χ3v) is 4.99. The fourth-order valence-corrected chi connectivity index (χ4v) is 3.50. The quantitative estimate of drug-likeness (QED) is 0.545. The van der Waals surface area contributed by atoms with E-state index in [-0.39, 0.29) is 42.0 Å². The van der Waals surface area contributed by atoms with Crippen molar-refractivity contribution in [1.29, 1.82) is 0 Å². The monoisotopic (exact) mass is 449 g/mol. The summed E-state index contributed by atoms with van der Waals surface area (Å²) in [6.07, 6.45) is 2.66. The molecule has 7 nitrogen and oxygen atoms in total. The van der Waals surface area contributed by atoms with E-state index in [1.807, 2.05) is 0 Å². The molecule has 2 aromatic carbocycles. The second-order valence-electron chi connectivity index (χ2n) is 7.03. The number of halogens is 2. The van der Waals surface area contributed by atoms with Crippen molar-refractivity contribution < 1.29 is 26.4 Å². The molecule has 2 N–H and O–H groups in total. The van der Waals surface area contributed by atoms with Gasteiger partial charge >= 0.3 is 0 Å². The van der Waals surface area contributed by atoms with Crippen molar-refractivity contribution in [2.24, 2.45) is 0 Å². The molecule has 0 radical (unpaired) electrons. The van der Waals surface area contributed by atoms with Crippen LogP contribution in [0.3, 0.4) is 0 Å². The number of aromatic nitrogens is 1. The minimum absolute atomic E-state index is 0.0808. The SMILES string of the molecule is CC(NC(=O)CCc1ncc(-c2ccc(F)cc2F)o1)c1cccc(NS(C)(=O)=O)c1. The summed E-state index contributed by atoms with van der Waals surface area (Å²) < 4.78 is 57.5. The Morgan fingerprint density at radius 1 is 1.19 bits per heavy atom. The number of anilines is 1. The highest BCUT2D eigenvalue weighted by molar-refractivity contribution is 7.92. The Morgan fingerprint density at radius 2 is 1.97 bits per heavy atom. The Bertz CT molecular complexity index is 1190. The third-order valence-electron chi connectivity index (χ3n) is 4.38. The van der Waals surface area contributed by atoms with Crippen molar-refractivity contribution in [3.05, 3.63) is 71.8 Å². The van der Waals surface area contributed by atoms with Gasteiger partial charge in [0, 0.05) is 24.6 Å². The highest BCUT2D eigenvalue weighted by Crippen LogP contribution is 2.24. The van der Waals surface area contributed by atoms with E-state index >= 15 is 0 Å². The summed E-state index contributed by atoms with van der Waals surface area (Å²) in [6, 6.07) is 9.50. The first kappa shape index (κ1) is 22.4. The van der Waals surface area contributed by atoms with Crippen LogP contribution in [0.1, 0.15) is 30.8 Å². The number of hydrogen-bond donors (Lipinski definition) is 2. The molecule has 0 bridgehead atoms. The molecule has 0 aliphatic carbocycles. The van der Waals surface area contributed by atoms with E-state index in [4.69, 9.17) is 4.42 Å². The number of carbonyl (C=O) groups is 1. The maximum absolute atomic E-state index is 13.9. The van der Waals surface area contributed by atoms with Crippen molar-refractivity contribution in [2.75, 3.05) is 11.0 Å². The molecule has 1 aromatic heterocycles. The summed E-state index contributed by atoms with van der Waals surface area (Å²) in [5, 5.41) is 2.82. The van der Waals surface area contributed by atoms with Gasteiger partial charge in [0.2, 0.25) is 15.9 Å². The molecule has 1 heterocycles. The molecule has 10 heteroatoms. The summed E-state index contributed by atoms with van der Waals surface area (Å²) in [5.41, 5.74) is 1.22. The van der Waals surface area contributed by atoms with Gasteiger partial charge in [-0.05, 0) is 36.8 Å². The molecule has 0 aliphatic heterocycles. The number of rotatable bonds is 8. The summed E-state index contributed by atoms with van der Waals surface area (Å²) in [5.74, 6) is -1.31. The van der Waals surface area contributed by atoms with Crippen LogP contribution in [0, 0.1) is 11.6 Å². The maximum Gasteiger partial charge on any atom is 0.229 e. The number of aryl methyl sites for hydroxylation is 1. The molecule has 1 amide bonds. The molecular formula is C21H21F2N3O4S. The van der Waals surface area contributed by atoms with Gasteiger partial charge in [0.05, 0.1) is 24.1 Å². The molecule has 0 aliphatic rings. The molecule has 0 saturated heterocycles. The summed E-state index contributed by atoms with van der Waals surface area (Å²) in [7, 11) is -3.40. The largest absolute Gasteiger partial charge is 0.441 e. The first-order chi connectivity index (χ1) is 14.6. The highest BCUT2D eigenvalue weighted by Gasteiger charge is 2.15. The number of amides is 1. The number of sulfonamides is 1. The molecule has 164 valence electrons. The smallest absolute Gasteiger partial charge is 0.229 e. The topological polar surface area (TPSA) is 101 Å². The van der Waals surface area contributed by atoms with Crippen LogP contribution in [0.15, 0.2) is 53.1 Å². The number of carbonyl (C=O) groups excluding carboxylic acids is 1.